The van der Waals surface area contributed by atoms with Crippen LogP contribution in [0.15, 0.2) is 115 Å². The van der Waals surface area contributed by atoms with Gasteiger partial charge in [-0.05, 0) is 64.5 Å². The molecule has 0 amide bonds. The molecular weight excluding hydrogens is 691 g/mol. The minimum absolute atomic E-state index is 0.0299. The topological polar surface area (TPSA) is 40.2 Å². The van der Waals surface area contributed by atoms with Crippen LogP contribution in [0.25, 0.3) is 12.2 Å². The zero-order valence-corrected chi connectivity index (χ0v) is 33.7. The van der Waals surface area contributed by atoms with Crippen molar-refractivity contribution < 1.29 is 18.6 Å². The number of hydrogen-bond donors (Lipinski definition) is 0. The summed E-state index contributed by atoms with van der Waals surface area (Å²) in [4.78, 5) is 3.60. The van der Waals surface area contributed by atoms with Crippen LogP contribution >= 0.6 is 11.3 Å². The Morgan fingerprint density at radius 3 is 2.06 bits per heavy atom. The molecule has 7 heteroatoms. The summed E-state index contributed by atoms with van der Waals surface area (Å²) in [5.41, 5.74) is 3.38. The van der Waals surface area contributed by atoms with Crippen LogP contribution in [0.1, 0.15) is 75.8 Å². The van der Waals surface area contributed by atoms with E-state index in [1.54, 1.807) is 11.3 Å². The van der Waals surface area contributed by atoms with Gasteiger partial charge < -0.3 is 23.5 Å². The molecule has 2 heterocycles. The van der Waals surface area contributed by atoms with Crippen molar-refractivity contribution in [3.63, 3.8) is 0 Å². The molecule has 1 aliphatic heterocycles. The van der Waals surface area contributed by atoms with E-state index in [-0.39, 0.29) is 5.04 Å². The van der Waals surface area contributed by atoms with Crippen LogP contribution < -0.4 is 29.5 Å². The second-order valence-corrected chi connectivity index (χ2v) is 19.9. The first-order valence-electron chi connectivity index (χ1n) is 19.2. The fourth-order valence-electron chi connectivity index (χ4n) is 7.20. The molecule has 4 aromatic carbocycles. The van der Waals surface area contributed by atoms with Gasteiger partial charge in [0.05, 0.1) is 4.88 Å². The van der Waals surface area contributed by atoms with Crippen LogP contribution in [0.4, 0.5) is 5.69 Å². The molecule has 5 aromatic rings. The van der Waals surface area contributed by atoms with E-state index in [0.29, 0.717) is 19.8 Å². The van der Waals surface area contributed by atoms with Crippen LogP contribution in [0.2, 0.25) is 5.04 Å². The van der Waals surface area contributed by atoms with Gasteiger partial charge in [0.15, 0.2) is 11.5 Å². The van der Waals surface area contributed by atoms with Crippen molar-refractivity contribution in [1.82, 2.24) is 0 Å². The number of thiophene rings is 1. The average molecular weight is 746 g/mol. The summed E-state index contributed by atoms with van der Waals surface area (Å²) >= 11 is 1.64. The molecule has 0 bridgehead atoms. The first kappa shape index (κ1) is 38.4. The quantitative estimate of drug-likeness (QED) is 0.0660. The Balaban J connectivity index is 1.20. The Hall–Kier alpha value is -4.30. The highest BCUT2D eigenvalue weighted by Crippen LogP contribution is 2.41. The SMILES string of the molecule is CCCCCN(CCCCO[Si](c1ccccc1)(c1ccccc1)C(C)(C)C)c1ccc(/C=C/c2scc3c2OCCO3)c(OCc2ccccc2)c1. The minimum atomic E-state index is -2.55. The smallest absolute Gasteiger partial charge is 0.261 e. The number of anilines is 1. The summed E-state index contributed by atoms with van der Waals surface area (Å²) in [5.74, 6) is 2.54. The lowest BCUT2D eigenvalue weighted by Gasteiger charge is -2.43. The lowest BCUT2D eigenvalue weighted by Crippen LogP contribution is -2.66. The van der Waals surface area contributed by atoms with Gasteiger partial charge in [0.1, 0.15) is 25.6 Å². The van der Waals surface area contributed by atoms with Crippen molar-refractivity contribution in [2.75, 3.05) is 37.8 Å². The monoisotopic (exact) mass is 745 g/mol. The van der Waals surface area contributed by atoms with Crippen molar-refractivity contribution >= 4 is 47.9 Å². The molecule has 53 heavy (non-hydrogen) atoms. The standard InChI is InChI=1S/C46H55NO4SSi/c1-5-6-16-29-47(30-17-18-31-51-53(46(2,3)4,40-21-12-8-13-22-40)41-23-14-9-15-24-41)39-27-25-38(42(34-39)50-35-37-19-10-7-11-20-37)26-28-44-45-43(36-52-44)48-32-33-49-45/h7-15,19-28,34,36H,5-6,16-18,29-33,35H2,1-4H3/b28-26+. The third kappa shape index (κ3) is 9.63. The van der Waals surface area contributed by atoms with Crippen molar-refractivity contribution in [3.05, 3.63) is 131 Å². The zero-order chi connectivity index (χ0) is 36.9. The van der Waals surface area contributed by atoms with Gasteiger partial charge in [-0.1, -0.05) is 132 Å². The van der Waals surface area contributed by atoms with E-state index in [2.05, 4.69) is 148 Å². The highest BCUT2D eigenvalue weighted by atomic mass is 32.1. The Bertz CT molecular complexity index is 1830. The highest BCUT2D eigenvalue weighted by Gasteiger charge is 2.49. The fourth-order valence-corrected chi connectivity index (χ4v) is 12.6. The van der Waals surface area contributed by atoms with Crippen LogP contribution in [0.5, 0.6) is 17.2 Å². The van der Waals surface area contributed by atoms with E-state index < -0.39 is 8.32 Å². The van der Waals surface area contributed by atoms with Crippen molar-refractivity contribution in [2.45, 2.75) is 71.4 Å². The fraction of sp³-hybridized carbons (Fsp3) is 0.348. The Labute approximate surface area is 322 Å². The molecule has 0 radical (unpaired) electrons. The van der Waals surface area contributed by atoms with Gasteiger partial charge >= 0.3 is 0 Å². The molecule has 1 aromatic heterocycles. The maximum atomic E-state index is 7.23. The lowest BCUT2D eigenvalue weighted by molar-refractivity contribution is 0.173. The van der Waals surface area contributed by atoms with Crippen molar-refractivity contribution in [1.29, 1.82) is 0 Å². The van der Waals surface area contributed by atoms with Crippen LogP contribution in [-0.2, 0) is 11.0 Å². The van der Waals surface area contributed by atoms with Crippen molar-refractivity contribution in [3.8, 4) is 17.2 Å². The molecular formula is C46H55NO4SSi. The predicted octanol–water partition coefficient (Wildman–Crippen LogP) is 10.6. The van der Waals surface area contributed by atoms with Gasteiger partial charge in [0, 0.05) is 42.4 Å². The molecule has 0 saturated heterocycles. The molecule has 0 unspecified atom stereocenters. The summed E-state index contributed by atoms with van der Waals surface area (Å²) in [6.07, 6.45) is 9.84. The van der Waals surface area contributed by atoms with E-state index >= 15 is 0 Å². The highest BCUT2D eigenvalue weighted by molar-refractivity contribution is 7.11. The van der Waals surface area contributed by atoms with Gasteiger partial charge in [0.25, 0.3) is 8.32 Å². The molecule has 278 valence electrons. The van der Waals surface area contributed by atoms with Gasteiger partial charge in [-0.3, -0.25) is 0 Å². The predicted molar refractivity (Wildman–Crippen MR) is 226 cm³/mol. The molecule has 0 fully saturated rings. The number of nitrogens with zero attached hydrogens (tertiary/aromatic N) is 1. The number of fused-ring (bicyclic) bond motifs is 1. The van der Waals surface area contributed by atoms with Gasteiger partial charge in [-0.25, -0.2) is 0 Å². The van der Waals surface area contributed by atoms with Crippen LogP contribution in [0, 0.1) is 0 Å². The first-order valence-corrected chi connectivity index (χ1v) is 22.0. The van der Waals surface area contributed by atoms with E-state index in [1.165, 1.54) is 28.9 Å². The molecule has 0 aliphatic carbocycles. The third-order valence-corrected chi connectivity index (χ3v) is 15.9. The van der Waals surface area contributed by atoms with E-state index in [0.717, 1.165) is 72.2 Å². The molecule has 5 nitrogen and oxygen atoms in total. The number of unbranched alkanes of at least 4 members (excludes halogenated alkanes) is 3. The van der Waals surface area contributed by atoms with Crippen LogP contribution in [0.3, 0.4) is 0 Å². The minimum Gasteiger partial charge on any atom is -0.488 e. The molecule has 0 atom stereocenters. The van der Waals surface area contributed by atoms with Crippen LogP contribution in [-0.4, -0.2) is 41.2 Å². The van der Waals surface area contributed by atoms with Gasteiger partial charge in [-0.15, -0.1) is 11.3 Å². The van der Waals surface area contributed by atoms with E-state index in [1.807, 2.05) is 11.4 Å². The first-order chi connectivity index (χ1) is 25.9. The Kier molecular flexibility index (Phi) is 13.5. The van der Waals surface area contributed by atoms with E-state index in [4.69, 9.17) is 18.6 Å². The maximum absolute atomic E-state index is 7.23. The molecule has 1 aliphatic rings. The lowest BCUT2D eigenvalue weighted by atomic mass is 10.1. The molecule has 0 spiro atoms. The molecule has 6 rings (SSSR count). The summed E-state index contributed by atoms with van der Waals surface area (Å²) in [6.45, 7) is 13.7. The third-order valence-electron chi connectivity index (χ3n) is 9.93. The number of benzene rings is 4. The number of rotatable bonds is 18. The second kappa shape index (κ2) is 18.6. The zero-order valence-electron chi connectivity index (χ0n) is 31.9. The van der Waals surface area contributed by atoms with Crippen molar-refractivity contribution in [2.24, 2.45) is 0 Å². The molecule has 0 saturated carbocycles. The van der Waals surface area contributed by atoms with E-state index in [9.17, 15) is 0 Å². The number of hydrogen-bond acceptors (Lipinski definition) is 6. The van der Waals surface area contributed by atoms with Gasteiger partial charge in [-0.2, -0.15) is 0 Å². The Morgan fingerprint density at radius 1 is 0.755 bits per heavy atom. The average Bonchev–Trinajstić information content (AvgIpc) is 3.61. The Morgan fingerprint density at radius 2 is 1.40 bits per heavy atom. The maximum Gasteiger partial charge on any atom is 0.261 e. The second-order valence-electron chi connectivity index (χ2n) is 14.7. The largest absolute Gasteiger partial charge is 0.488 e. The van der Waals surface area contributed by atoms with Gasteiger partial charge in [0.2, 0.25) is 0 Å². The summed E-state index contributed by atoms with van der Waals surface area (Å²) in [7, 11) is -2.55. The molecule has 0 N–H and O–H groups in total. The summed E-state index contributed by atoms with van der Waals surface area (Å²) in [6, 6.07) is 39.0. The normalized spacial score (nSPS) is 13.0. The summed E-state index contributed by atoms with van der Waals surface area (Å²) in [5, 5.41) is 4.66. The number of ether oxygens (including phenoxy) is 3. The summed E-state index contributed by atoms with van der Waals surface area (Å²) < 4.78 is 25.5.